The maximum atomic E-state index is 13.6. The van der Waals surface area contributed by atoms with E-state index in [9.17, 15) is 13.6 Å². The van der Waals surface area contributed by atoms with Gasteiger partial charge in [-0.2, -0.15) is 0 Å². The minimum Gasteiger partial charge on any atom is -0.372 e. The summed E-state index contributed by atoms with van der Waals surface area (Å²) in [4.78, 5) is 14.2. The summed E-state index contributed by atoms with van der Waals surface area (Å²) in [5.74, 6) is -2.01. The Balaban J connectivity index is 2.01. The Kier molecular flexibility index (Phi) is 4.03. The van der Waals surface area contributed by atoms with Crippen LogP contribution in [0.1, 0.15) is 24.5 Å². The van der Waals surface area contributed by atoms with E-state index < -0.39 is 17.7 Å². The van der Waals surface area contributed by atoms with Gasteiger partial charge in [0.25, 0.3) is 0 Å². The van der Waals surface area contributed by atoms with Crippen molar-refractivity contribution in [1.82, 2.24) is 0 Å². The Bertz CT molecular complexity index is 743. The van der Waals surface area contributed by atoms with E-state index in [0.29, 0.717) is 24.3 Å². The Labute approximate surface area is 133 Å². The highest BCUT2D eigenvalue weighted by Crippen LogP contribution is 2.35. The molecule has 1 N–H and O–H groups in total. The molecular formula is C18H18F2N2O. The second kappa shape index (κ2) is 5.99. The van der Waals surface area contributed by atoms with E-state index in [0.717, 1.165) is 23.3 Å². The zero-order chi connectivity index (χ0) is 16.6. The summed E-state index contributed by atoms with van der Waals surface area (Å²) in [5, 5.41) is 2.99. The first-order valence-corrected chi connectivity index (χ1v) is 7.62. The molecule has 1 aliphatic rings. The van der Waals surface area contributed by atoms with Crippen LogP contribution in [0.3, 0.4) is 0 Å². The van der Waals surface area contributed by atoms with E-state index >= 15 is 0 Å². The van der Waals surface area contributed by atoms with Gasteiger partial charge in [-0.25, -0.2) is 8.78 Å². The number of halogens is 2. The Morgan fingerprint density at radius 1 is 1.13 bits per heavy atom. The van der Waals surface area contributed by atoms with Crippen molar-refractivity contribution in [2.45, 2.75) is 32.9 Å². The molecular weight excluding hydrogens is 298 g/mol. The Hall–Kier alpha value is -2.43. The van der Waals surface area contributed by atoms with Crippen LogP contribution in [0, 0.1) is 18.6 Å². The van der Waals surface area contributed by atoms with Gasteiger partial charge >= 0.3 is 0 Å². The van der Waals surface area contributed by atoms with Crippen LogP contribution in [-0.2, 0) is 11.3 Å². The number of nitrogens with zero attached hydrogens (tertiary/aromatic N) is 1. The molecule has 0 spiro atoms. The lowest BCUT2D eigenvalue weighted by Crippen LogP contribution is -2.46. The molecule has 2 aromatic carbocycles. The molecule has 0 bridgehead atoms. The highest BCUT2D eigenvalue weighted by atomic mass is 19.2. The second-order valence-electron chi connectivity index (χ2n) is 5.80. The number of nitrogens with one attached hydrogen (secondary N) is 1. The maximum absolute atomic E-state index is 13.6. The zero-order valence-corrected chi connectivity index (χ0v) is 13.1. The largest absolute Gasteiger partial charge is 0.372 e. The molecule has 1 amide bonds. The zero-order valence-electron chi connectivity index (χ0n) is 13.1. The van der Waals surface area contributed by atoms with Crippen LogP contribution in [0.15, 0.2) is 36.4 Å². The highest BCUT2D eigenvalue weighted by Gasteiger charge is 2.32. The fourth-order valence-electron chi connectivity index (χ4n) is 2.75. The van der Waals surface area contributed by atoms with Crippen molar-refractivity contribution in [1.29, 1.82) is 0 Å². The molecule has 1 aliphatic heterocycles. The first-order valence-electron chi connectivity index (χ1n) is 7.62. The molecule has 0 aromatic heterocycles. The van der Waals surface area contributed by atoms with Crippen LogP contribution in [0.4, 0.5) is 20.2 Å². The van der Waals surface area contributed by atoms with Gasteiger partial charge < -0.3 is 10.2 Å². The molecule has 3 rings (SSSR count). The standard InChI is InChI=1S/C18H18F2N2O/c1-3-15-18(23)22(10-12-6-4-11(2)5-7-12)17-9-14(20)13(19)8-16(17)21-15/h4-9,15,21H,3,10H2,1-2H3. The van der Waals surface area contributed by atoms with Gasteiger partial charge in [-0.1, -0.05) is 36.8 Å². The van der Waals surface area contributed by atoms with E-state index in [1.807, 2.05) is 38.1 Å². The summed E-state index contributed by atoms with van der Waals surface area (Å²) < 4.78 is 27.2. The number of hydrogen-bond donors (Lipinski definition) is 1. The quantitative estimate of drug-likeness (QED) is 0.928. The molecule has 1 heterocycles. The molecule has 120 valence electrons. The predicted octanol–water partition coefficient (Wildman–Crippen LogP) is 4.01. The van der Waals surface area contributed by atoms with E-state index in [1.54, 1.807) is 0 Å². The van der Waals surface area contributed by atoms with Gasteiger partial charge in [0, 0.05) is 12.1 Å². The van der Waals surface area contributed by atoms with Crippen molar-refractivity contribution in [2.75, 3.05) is 10.2 Å². The van der Waals surface area contributed by atoms with Crippen molar-refractivity contribution in [3.8, 4) is 0 Å². The molecule has 1 atom stereocenters. The van der Waals surface area contributed by atoms with Gasteiger partial charge in [0.2, 0.25) is 5.91 Å². The normalized spacial score (nSPS) is 17.0. The minimum absolute atomic E-state index is 0.133. The lowest BCUT2D eigenvalue weighted by Gasteiger charge is -2.35. The first kappa shape index (κ1) is 15.5. The van der Waals surface area contributed by atoms with E-state index in [-0.39, 0.29) is 5.91 Å². The van der Waals surface area contributed by atoms with Crippen LogP contribution in [0.2, 0.25) is 0 Å². The number of aryl methyl sites for hydroxylation is 1. The number of hydrogen-bond acceptors (Lipinski definition) is 2. The second-order valence-corrected chi connectivity index (χ2v) is 5.80. The van der Waals surface area contributed by atoms with E-state index in [2.05, 4.69) is 5.32 Å². The third kappa shape index (κ3) is 2.91. The predicted molar refractivity (Wildman–Crippen MR) is 86.4 cm³/mol. The van der Waals surface area contributed by atoms with Crippen molar-refractivity contribution < 1.29 is 13.6 Å². The minimum atomic E-state index is -0.956. The number of anilines is 2. The fourth-order valence-corrected chi connectivity index (χ4v) is 2.75. The average Bonchev–Trinajstić information content (AvgIpc) is 2.54. The molecule has 1 unspecified atom stereocenters. The number of amides is 1. The summed E-state index contributed by atoms with van der Waals surface area (Å²) in [7, 11) is 0. The summed E-state index contributed by atoms with van der Waals surface area (Å²) in [6, 6.07) is 9.56. The van der Waals surface area contributed by atoms with Crippen molar-refractivity contribution in [3.05, 3.63) is 59.2 Å². The van der Waals surface area contributed by atoms with Crippen LogP contribution < -0.4 is 10.2 Å². The summed E-state index contributed by atoms with van der Waals surface area (Å²) in [6.45, 7) is 4.19. The molecule has 3 nitrogen and oxygen atoms in total. The van der Waals surface area contributed by atoms with Crippen LogP contribution in [-0.4, -0.2) is 11.9 Å². The average molecular weight is 316 g/mol. The van der Waals surface area contributed by atoms with Crippen LogP contribution in [0.25, 0.3) is 0 Å². The number of carbonyl (C=O) groups is 1. The Morgan fingerprint density at radius 2 is 1.78 bits per heavy atom. The molecule has 0 radical (unpaired) electrons. The van der Waals surface area contributed by atoms with Crippen molar-refractivity contribution in [3.63, 3.8) is 0 Å². The summed E-state index contributed by atoms with van der Waals surface area (Å²) in [6.07, 6.45) is 0.571. The number of fused-ring (bicyclic) bond motifs is 1. The van der Waals surface area contributed by atoms with Gasteiger partial charge in [0.15, 0.2) is 11.6 Å². The fraction of sp³-hybridized carbons (Fsp3) is 0.278. The first-order chi connectivity index (χ1) is 11.0. The lowest BCUT2D eigenvalue weighted by atomic mass is 10.0. The smallest absolute Gasteiger partial charge is 0.249 e. The Morgan fingerprint density at radius 3 is 2.43 bits per heavy atom. The monoisotopic (exact) mass is 316 g/mol. The molecule has 0 saturated heterocycles. The van der Waals surface area contributed by atoms with Crippen molar-refractivity contribution >= 4 is 17.3 Å². The van der Waals surface area contributed by atoms with Gasteiger partial charge in [0.05, 0.1) is 17.9 Å². The number of carbonyl (C=O) groups excluding carboxylic acids is 1. The number of benzene rings is 2. The SMILES string of the molecule is CCC1Nc2cc(F)c(F)cc2N(Cc2ccc(C)cc2)C1=O. The van der Waals surface area contributed by atoms with Gasteiger partial charge in [-0.3, -0.25) is 4.79 Å². The third-order valence-corrected chi connectivity index (χ3v) is 4.09. The van der Waals surface area contributed by atoms with Gasteiger partial charge in [-0.05, 0) is 18.9 Å². The van der Waals surface area contributed by atoms with E-state index in [1.165, 1.54) is 4.90 Å². The molecule has 2 aromatic rings. The van der Waals surface area contributed by atoms with Crippen molar-refractivity contribution in [2.24, 2.45) is 0 Å². The highest BCUT2D eigenvalue weighted by molar-refractivity contribution is 6.04. The molecule has 0 fully saturated rings. The van der Waals surface area contributed by atoms with Gasteiger partial charge in [0.1, 0.15) is 6.04 Å². The molecule has 0 aliphatic carbocycles. The van der Waals surface area contributed by atoms with Crippen LogP contribution in [0.5, 0.6) is 0 Å². The molecule has 0 saturated carbocycles. The van der Waals surface area contributed by atoms with Gasteiger partial charge in [-0.15, -0.1) is 0 Å². The molecule has 23 heavy (non-hydrogen) atoms. The van der Waals surface area contributed by atoms with E-state index in [4.69, 9.17) is 0 Å². The molecule has 5 heteroatoms. The topological polar surface area (TPSA) is 32.3 Å². The van der Waals surface area contributed by atoms with Crippen LogP contribution >= 0.6 is 0 Å². The third-order valence-electron chi connectivity index (χ3n) is 4.09. The maximum Gasteiger partial charge on any atom is 0.249 e. The summed E-state index contributed by atoms with van der Waals surface area (Å²) >= 11 is 0. The summed E-state index contributed by atoms with van der Waals surface area (Å²) in [5.41, 5.74) is 2.89. The lowest BCUT2D eigenvalue weighted by molar-refractivity contribution is -0.119. The number of rotatable bonds is 3.